The molecule has 3 atom stereocenters. The van der Waals surface area contributed by atoms with Crippen LogP contribution in [-0.2, 0) is 4.79 Å². The molecule has 1 aromatic rings. The smallest absolute Gasteiger partial charge is 0.220 e. The summed E-state index contributed by atoms with van der Waals surface area (Å²) in [4.78, 5) is 12.0. The van der Waals surface area contributed by atoms with Crippen molar-refractivity contribution < 1.29 is 4.79 Å². The standard InChI is InChI=1S/C17H26N2O/c1-12-5-3-6-14(9-12)13(2)11-19-17(20)10-15-7-4-8-16(15)18/h3,5-6,9,13,15-16H,4,7-8,10-11,18H2,1-2H3,(H,19,20)/t13?,15-,16+/m0/s1. The van der Waals surface area contributed by atoms with E-state index in [1.807, 2.05) is 0 Å². The number of hydrogen-bond acceptors (Lipinski definition) is 2. The van der Waals surface area contributed by atoms with Crippen molar-refractivity contribution in [3.05, 3.63) is 35.4 Å². The van der Waals surface area contributed by atoms with Crippen LogP contribution in [0.15, 0.2) is 24.3 Å². The molecule has 1 amide bonds. The lowest BCUT2D eigenvalue weighted by Crippen LogP contribution is -2.33. The van der Waals surface area contributed by atoms with E-state index >= 15 is 0 Å². The summed E-state index contributed by atoms with van der Waals surface area (Å²) in [5.41, 5.74) is 8.55. The van der Waals surface area contributed by atoms with Crippen molar-refractivity contribution in [2.45, 2.75) is 51.5 Å². The van der Waals surface area contributed by atoms with E-state index in [4.69, 9.17) is 5.73 Å². The average Bonchev–Trinajstić information content (AvgIpc) is 2.81. The summed E-state index contributed by atoms with van der Waals surface area (Å²) in [5.74, 6) is 0.868. The predicted octanol–water partition coefficient (Wildman–Crippen LogP) is 2.73. The van der Waals surface area contributed by atoms with Crippen LogP contribution >= 0.6 is 0 Å². The number of benzene rings is 1. The molecule has 0 spiro atoms. The third-order valence-electron chi connectivity index (χ3n) is 4.38. The molecule has 0 aliphatic heterocycles. The second-order valence-electron chi connectivity index (χ2n) is 6.18. The number of carbonyl (C=O) groups excluding carboxylic acids is 1. The van der Waals surface area contributed by atoms with Gasteiger partial charge >= 0.3 is 0 Å². The van der Waals surface area contributed by atoms with Crippen LogP contribution in [0, 0.1) is 12.8 Å². The zero-order valence-electron chi connectivity index (χ0n) is 12.6. The molecule has 3 nitrogen and oxygen atoms in total. The fourth-order valence-corrected chi connectivity index (χ4v) is 2.99. The van der Waals surface area contributed by atoms with Gasteiger partial charge in [-0.15, -0.1) is 0 Å². The zero-order chi connectivity index (χ0) is 14.5. The van der Waals surface area contributed by atoms with Gasteiger partial charge in [-0.3, -0.25) is 4.79 Å². The summed E-state index contributed by atoms with van der Waals surface area (Å²) in [6, 6.07) is 8.69. The van der Waals surface area contributed by atoms with Gasteiger partial charge in [0, 0.05) is 19.0 Å². The second-order valence-corrected chi connectivity index (χ2v) is 6.18. The third-order valence-corrected chi connectivity index (χ3v) is 4.38. The van der Waals surface area contributed by atoms with Crippen LogP contribution in [-0.4, -0.2) is 18.5 Å². The van der Waals surface area contributed by atoms with Gasteiger partial charge in [0.15, 0.2) is 0 Å². The van der Waals surface area contributed by atoms with Crippen LogP contribution in [0.5, 0.6) is 0 Å². The van der Waals surface area contributed by atoms with Gasteiger partial charge in [0.2, 0.25) is 5.91 Å². The van der Waals surface area contributed by atoms with E-state index in [0.717, 1.165) is 12.8 Å². The molecule has 1 aromatic carbocycles. The van der Waals surface area contributed by atoms with Crippen molar-refractivity contribution in [2.24, 2.45) is 11.7 Å². The Balaban J connectivity index is 1.78. The van der Waals surface area contributed by atoms with Crippen LogP contribution in [0.25, 0.3) is 0 Å². The van der Waals surface area contributed by atoms with Gasteiger partial charge < -0.3 is 11.1 Å². The summed E-state index contributed by atoms with van der Waals surface area (Å²) in [5, 5.41) is 3.05. The number of aryl methyl sites for hydroxylation is 1. The van der Waals surface area contributed by atoms with Crippen molar-refractivity contribution in [3.63, 3.8) is 0 Å². The predicted molar refractivity (Wildman–Crippen MR) is 82.5 cm³/mol. The maximum Gasteiger partial charge on any atom is 0.220 e. The van der Waals surface area contributed by atoms with Crippen LogP contribution in [0.4, 0.5) is 0 Å². The molecule has 0 saturated heterocycles. The van der Waals surface area contributed by atoms with Gasteiger partial charge in [0.05, 0.1) is 0 Å². The summed E-state index contributed by atoms with van der Waals surface area (Å²) in [7, 11) is 0. The average molecular weight is 274 g/mol. The number of nitrogens with one attached hydrogen (secondary N) is 1. The van der Waals surface area contributed by atoms with Crippen LogP contribution in [0.2, 0.25) is 0 Å². The number of carbonyl (C=O) groups is 1. The van der Waals surface area contributed by atoms with Gasteiger partial charge in [0.25, 0.3) is 0 Å². The first-order valence-corrected chi connectivity index (χ1v) is 7.65. The number of amides is 1. The maximum absolute atomic E-state index is 12.0. The maximum atomic E-state index is 12.0. The van der Waals surface area contributed by atoms with E-state index in [2.05, 4.69) is 43.4 Å². The minimum atomic E-state index is 0.145. The minimum absolute atomic E-state index is 0.145. The van der Waals surface area contributed by atoms with E-state index in [1.165, 1.54) is 17.5 Å². The molecule has 2 rings (SSSR count). The molecule has 3 heteroatoms. The Labute approximate surface area is 121 Å². The monoisotopic (exact) mass is 274 g/mol. The molecule has 0 heterocycles. The molecule has 0 bridgehead atoms. The highest BCUT2D eigenvalue weighted by atomic mass is 16.1. The van der Waals surface area contributed by atoms with Crippen molar-refractivity contribution >= 4 is 5.91 Å². The molecule has 0 radical (unpaired) electrons. The largest absolute Gasteiger partial charge is 0.355 e. The van der Waals surface area contributed by atoms with Crippen molar-refractivity contribution in [3.8, 4) is 0 Å². The lowest BCUT2D eigenvalue weighted by molar-refractivity contribution is -0.122. The van der Waals surface area contributed by atoms with Gasteiger partial charge in [0.1, 0.15) is 0 Å². The third kappa shape index (κ3) is 4.07. The fourth-order valence-electron chi connectivity index (χ4n) is 2.99. The molecule has 0 aromatic heterocycles. The fraction of sp³-hybridized carbons (Fsp3) is 0.588. The summed E-state index contributed by atoms with van der Waals surface area (Å²) in [6.45, 7) is 4.94. The normalized spacial score (nSPS) is 23.6. The molecule has 1 aliphatic carbocycles. The van der Waals surface area contributed by atoms with Crippen molar-refractivity contribution in [1.29, 1.82) is 0 Å². The molecule has 110 valence electrons. The van der Waals surface area contributed by atoms with E-state index in [-0.39, 0.29) is 11.9 Å². The SMILES string of the molecule is Cc1cccc(C(C)CNC(=O)C[C@@H]2CCC[C@H]2N)c1. The summed E-state index contributed by atoms with van der Waals surface area (Å²) >= 11 is 0. The number of nitrogens with two attached hydrogens (primary N) is 1. The quantitative estimate of drug-likeness (QED) is 0.867. The Kier molecular flexibility index (Phi) is 5.18. The molecule has 1 fully saturated rings. The highest BCUT2D eigenvalue weighted by Gasteiger charge is 2.25. The Bertz CT molecular complexity index is 458. The Morgan fingerprint density at radius 2 is 2.25 bits per heavy atom. The van der Waals surface area contributed by atoms with Gasteiger partial charge in [-0.1, -0.05) is 43.2 Å². The topological polar surface area (TPSA) is 55.1 Å². The minimum Gasteiger partial charge on any atom is -0.355 e. The van der Waals surface area contributed by atoms with Crippen molar-refractivity contribution in [1.82, 2.24) is 5.32 Å². The van der Waals surface area contributed by atoms with Gasteiger partial charge in [-0.05, 0) is 37.2 Å². The Morgan fingerprint density at radius 1 is 1.45 bits per heavy atom. The second kappa shape index (κ2) is 6.89. The zero-order valence-corrected chi connectivity index (χ0v) is 12.6. The molecule has 1 aliphatic rings. The Hall–Kier alpha value is -1.35. The van der Waals surface area contributed by atoms with Crippen molar-refractivity contribution in [2.75, 3.05) is 6.54 Å². The van der Waals surface area contributed by atoms with Crippen LogP contribution in [0.3, 0.4) is 0 Å². The van der Waals surface area contributed by atoms with Crippen LogP contribution < -0.4 is 11.1 Å². The van der Waals surface area contributed by atoms with Crippen LogP contribution in [0.1, 0.15) is 49.7 Å². The number of rotatable bonds is 5. The van der Waals surface area contributed by atoms with Gasteiger partial charge in [-0.2, -0.15) is 0 Å². The molecular weight excluding hydrogens is 248 g/mol. The number of hydrogen-bond donors (Lipinski definition) is 2. The summed E-state index contributed by atoms with van der Waals surface area (Å²) in [6.07, 6.45) is 3.92. The summed E-state index contributed by atoms with van der Waals surface area (Å²) < 4.78 is 0. The van der Waals surface area contributed by atoms with Gasteiger partial charge in [-0.25, -0.2) is 0 Å². The van der Waals surface area contributed by atoms with E-state index in [1.54, 1.807) is 0 Å². The molecule has 3 N–H and O–H groups in total. The molecule has 20 heavy (non-hydrogen) atoms. The lowest BCUT2D eigenvalue weighted by Gasteiger charge is -2.17. The Morgan fingerprint density at radius 3 is 2.90 bits per heavy atom. The van der Waals surface area contributed by atoms with E-state index < -0.39 is 0 Å². The highest BCUT2D eigenvalue weighted by Crippen LogP contribution is 2.26. The molecule has 1 unspecified atom stereocenters. The van der Waals surface area contributed by atoms with E-state index in [9.17, 15) is 4.79 Å². The first-order valence-electron chi connectivity index (χ1n) is 7.65. The first-order chi connectivity index (χ1) is 9.56. The highest BCUT2D eigenvalue weighted by molar-refractivity contribution is 5.76. The lowest BCUT2D eigenvalue weighted by atomic mass is 9.98. The van der Waals surface area contributed by atoms with E-state index in [0.29, 0.717) is 24.8 Å². The first kappa shape index (κ1) is 15.0. The molecule has 1 saturated carbocycles. The molecular formula is C17H26N2O.